The lowest BCUT2D eigenvalue weighted by Gasteiger charge is -2.20. The second-order valence-corrected chi connectivity index (χ2v) is 4.91. The molecule has 0 aliphatic rings. The number of guanidine groups is 1. The Hall–Kier alpha value is -2.02. The molecule has 0 aliphatic heterocycles. The summed E-state index contributed by atoms with van der Waals surface area (Å²) in [6, 6.07) is 10.0. The summed E-state index contributed by atoms with van der Waals surface area (Å²) in [4.78, 5) is 4.20. The molecule has 0 amide bonds. The second kappa shape index (κ2) is 7.42. The molecule has 0 bridgehead atoms. The first-order chi connectivity index (χ1) is 9.06. The molecule has 0 spiro atoms. The molecule has 0 saturated carbocycles. The van der Waals surface area contributed by atoms with Gasteiger partial charge in [0.1, 0.15) is 0 Å². The zero-order valence-electron chi connectivity index (χ0n) is 12.1. The molecule has 4 nitrogen and oxygen atoms in total. The zero-order valence-corrected chi connectivity index (χ0v) is 12.1. The largest absolute Gasteiger partial charge is 0.354 e. The quantitative estimate of drug-likeness (QED) is 0.643. The van der Waals surface area contributed by atoms with Crippen LogP contribution in [0.1, 0.15) is 31.9 Å². The fourth-order valence-electron chi connectivity index (χ4n) is 1.46. The van der Waals surface area contributed by atoms with Crippen molar-refractivity contribution in [3.8, 4) is 6.07 Å². The summed E-state index contributed by atoms with van der Waals surface area (Å²) in [5.74, 6) is 1.35. The van der Waals surface area contributed by atoms with Crippen molar-refractivity contribution in [2.75, 3.05) is 7.05 Å². The van der Waals surface area contributed by atoms with Crippen molar-refractivity contribution >= 4 is 5.96 Å². The van der Waals surface area contributed by atoms with E-state index in [9.17, 15) is 0 Å². The number of nitrogens with one attached hydrogen (secondary N) is 2. The summed E-state index contributed by atoms with van der Waals surface area (Å²) in [6.45, 7) is 7.17. The van der Waals surface area contributed by atoms with E-state index in [1.54, 1.807) is 7.05 Å². The maximum Gasteiger partial charge on any atom is 0.191 e. The predicted molar refractivity (Wildman–Crippen MR) is 78.8 cm³/mol. The Morgan fingerprint density at radius 2 is 1.89 bits per heavy atom. The van der Waals surface area contributed by atoms with Crippen molar-refractivity contribution in [1.82, 2.24) is 10.6 Å². The summed E-state index contributed by atoms with van der Waals surface area (Å²) >= 11 is 0. The van der Waals surface area contributed by atoms with E-state index >= 15 is 0 Å². The summed E-state index contributed by atoms with van der Waals surface area (Å²) in [6.07, 6.45) is 0. The molecule has 1 atom stereocenters. The SMILES string of the molecule is CN=C(NCc1ccc(C#N)cc1)NC(C)C(C)C. The molecule has 0 aromatic heterocycles. The average molecular weight is 258 g/mol. The molecule has 2 N–H and O–H groups in total. The van der Waals surface area contributed by atoms with Crippen LogP contribution in [0.2, 0.25) is 0 Å². The van der Waals surface area contributed by atoms with E-state index in [2.05, 4.69) is 42.5 Å². The molecule has 1 unspecified atom stereocenters. The summed E-state index contributed by atoms with van der Waals surface area (Å²) < 4.78 is 0. The highest BCUT2D eigenvalue weighted by molar-refractivity contribution is 5.79. The Morgan fingerprint density at radius 1 is 1.26 bits per heavy atom. The highest BCUT2D eigenvalue weighted by atomic mass is 15.2. The van der Waals surface area contributed by atoms with E-state index in [1.807, 2.05) is 24.3 Å². The lowest BCUT2D eigenvalue weighted by molar-refractivity contribution is 0.481. The first kappa shape index (κ1) is 15.0. The van der Waals surface area contributed by atoms with Gasteiger partial charge < -0.3 is 10.6 Å². The van der Waals surface area contributed by atoms with Crippen molar-refractivity contribution < 1.29 is 0 Å². The normalized spacial score (nSPS) is 12.9. The molecule has 102 valence electrons. The number of nitrogens with zero attached hydrogens (tertiary/aromatic N) is 2. The van der Waals surface area contributed by atoms with Crippen LogP contribution in [-0.4, -0.2) is 19.0 Å². The van der Waals surface area contributed by atoms with Gasteiger partial charge in [-0.2, -0.15) is 5.26 Å². The van der Waals surface area contributed by atoms with Gasteiger partial charge in [0.05, 0.1) is 11.6 Å². The van der Waals surface area contributed by atoms with Gasteiger partial charge in [0.25, 0.3) is 0 Å². The monoisotopic (exact) mass is 258 g/mol. The standard InChI is InChI=1S/C15H22N4/c1-11(2)12(3)19-15(17-4)18-10-14-7-5-13(9-16)6-8-14/h5-8,11-12H,10H2,1-4H3,(H2,17,18,19). The van der Waals surface area contributed by atoms with Gasteiger partial charge in [0, 0.05) is 19.6 Å². The number of hydrogen-bond acceptors (Lipinski definition) is 2. The van der Waals surface area contributed by atoms with E-state index in [0.29, 0.717) is 24.1 Å². The molecule has 19 heavy (non-hydrogen) atoms. The van der Waals surface area contributed by atoms with Gasteiger partial charge in [-0.05, 0) is 30.5 Å². The van der Waals surface area contributed by atoms with Crippen LogP contribution in [0.4, 0.5) is 0 Å². The van der Waals surface area contributed by atoms with Crippen molar-refractivity contribution in [2.24, 2.45) is 10.9 Å². The van der Waals surface area contributed by atoms with Gasteiger partial charge in [0.15, 0.2) is 5.96 Å². The van der Waals surface area contributed by atoms with Gasteiger partial charge in [0.2, 0.25) is 0 Å². The Morgan fingerprint density at radius 3 is 2.37 bits per heavy atom. The third-order valence-electron chi connectivity index (χ3n) is 3.13. The molecule has 0 fully saturated rings. The highest BCUT2D eigenvalue weighted by Crippen LogP contribution is 2.03. The summed E-state index contributed by atoms with van der Waals surface area (Å²) in [5, 5.41) is 15.4. The van der Waals surface area contributed by atoms with Gasteiger partial charge >= 0.3 is 0 Å². The minimum Gasteiger partial charge on any atom is -0.354 e. The number of aliphatic imine (C=N–C) groups is 1. The number of rotatable bonds is 4. The second-order valence-electron chi connectivity index (χ2n) is 4.91. The zero-order chi connectivity index (χ0) is 14.3. The highest BCUT2D eigenvalue weighted by Gasteiger charge is 2.08. The van der Waals surface area contributed by atoms with Crippen LogP contribution in [0.25, 0.3) is 0 Å². The molecule has 0 aliphatic carbocycles. The smallest absolute Gasteiger partial charge is 0.191 e. The van der Waals surface area contributed by atoms with E-state index < -0.39 is 0 Å². The van der Waals surface area contributed by atoms with Crippen molar-refractivity contribution in [3.63, 3.8) is 0 Å². The molecule has 1 aromatic rings. The Labute approximate surface area is 115 Å². The van der Waals surface area contributed by atoms with Crippen LogP contribution in [0.3, 0.4) is 0 Å². The van der Waals surface area contributed by atoms with Crippen molar-refractivity contribution in [3.05, 3.63) is 35.4 Å². The first-order valence-electron chi connectivity index (χ1n) is 6.53. The maximum absolute atomic E-state index is 8.74. The van der Waals surface area contributed by atoms with Gasteiger partial charge in [-0.25, -0.2) is 0 Å². The Kier molecular flexibility index (Phi) is 5.87. The van der Waals surface area contributed by atoms with Gasteiger partial charge in [-0.1, -0.05) is 26.0 Å². The predicted octanol–water partition coefficient (Wildman–Crippen LogP) is 2.27. The Bertz CT molecular complexity index is 454. The fraction of sp³-hybridized carbons (Fsp3) is 0.467. The van der Waals surface area contributed by atoms with E-state index in [4.69, 9.17) is 5.26 Å². The number of nitriles is 1. The molecule has 1 aromatic carbocycles. The minimum absolute atomic E-state index is 0.368. The van der Waals surface area contributed by atoms with Gasteiger partial charge in [-0.15, -0.1) is 0 Å². The summed E-state index contributed by atoms with van der Waals surface area (Å²) in [7, 11) is 1.77. The van der Waals surface area contributed by atoms with Crippen molar-refractivity contribution in [1.29, 1.82) is 5.26 Å². The minimum atomic E-state index is 0.368. The van der Waals surface area contributed by atoms with Crippen LogP contribution >= 0.6 is 0 Å². The third-order valence-corrected chi connectivity index (χ3v) is 3.13. The lowest BCUT2D eigenvalue weighted by atomic mass is 10.1. The first-order valence-corrected chi connectivity index (χ1v) is 6.53. The average Bonchev–Trinajstić information content (AvgIpc) is 2.43. The van der Waals surface area contributed by atoms with Crippen LogP contribution in [0, 0.1) is 17.2 Å². The molecular weight excluding hydrogens is 236 g/mol. The topological polar surface area (TPSA) is 60.2 Å². The summed E-state index contributed by atoms with van der Waals surface area (Å²) in [5.41, 5.74) is 1.80. The van der Waals surface area contributed by atoms with Crippen LogP contribution in [0.15, 0.2) is 29.3 Å². The lowest BCUT2D eigenvalue weighted by Crippen LogP contribution is -2.43. The number of hydrogen-bond donors (Lipinski definition) is 2. The third kappa shape index (κ3) is 5.01. The van der Waals surface area contributed by atoms with E-state index in [-0.39, 0.29) is 0 Å². The van der Waals surface area contributed by atoms with Crippen molar-refractivity contribution in [2.45, 2.75) is 33.4 Å². The molecule has 0 saturated heterocycles. The molecule has 1 rings (SSSR count). The van der Waals surface area contributed by atoms with Crippen LogP contribution in [0.5, 0.6) is 0 Å². The fourth-order valence-corrected chi connectivity index (χ4v) is 1.46. The number of benzene rings is 1. The molecule has 4 heteroatoms. The maximum atomic E-state index is 8.74. The molecular formula is C15H22N4. The van der Waals surface area contributed by atoms with Crippen LogP contribution < -0.4 is 10.6 Å². The molecule has 0 heterocycles. The Balaban J connectivity index is 2.51. The van der Waals surface area contributed by atoms with E-state index in [0.717, 1.165) is 11.5 Å². The van der Waals surface area contributed by atoms with Crippen LogP contribution in [-0.2, 0) is 6.54 Å². The van der Waals surface area contributed by atoms with E-state index in [1.165, 1.54) is 0 Å². The van der Waals surface area contributed by atoms with Gasteiger partial charge in [-0.3, -0.25) is 4.99 Å². The molecule has 0 radical (unpaired) electrons.